The minimum Gasteiger partial charge on any atom is -0.274 e. The zero-order valence-electron chi connectivity index (χ0n) is 13.5. The molecule has 0 N–H and O–H groups in total. The van der Waals surface area contributed by atoms with E-state index in [1.807, 2.05) is 20.8 Å². The minimum atomic E-state index is -0.430. The lowest BCUT2D eigenvalue weighted by Gasteiger charge is -2.62. The highest BCUT2D eigenvalue weighted by Crippen LogP contribution is 2.68. The highest BCUT2D eigenvalue weighted by Gasteiger charge is 2.73. The molecule has 3 unspecified atom stereocenters. The monoisotopic (exact) mass is 277 g/mol. The molecule has 3 aliphatic rings. The summed E-state index contributed by atoms with van der Waals surface area (Å²) in [4.78, 5) is 26.9. The van der Waals surface area contributed by atoms with Gasteiger partial charge in [0.1, 0.15) is 0 Å². The summed E-state index contributed by atoms with van der Waals surface area (Å²) < 4.78 is 0. The van der Waals surface area contributed by atoms with Gasteiger partial charge in [0.05, 0.1) is 12.0 Å². The average Bonchev–Trinajstić information content (AvgIpc) is 2.90. The van der Waals surface area contributed by atoms with Crippen molar-refractivity contribution in [3.8, 4) is 0 Å². The van der Waals surface area contributed by atoms with Crippen LogP contribution in [0.4, 0.5) is 0 Å². The Kier molecular flexibility index (Phi) is 2.72. The third-order valence-electron chi connectivity index (χ3n) is 6.98. The highest BCUT2D eigenvalue weighted by atomic mass is 16.2. The molecule has 3 atom stereocenters. The van der Waals surface area contributed by atoms with Gasteiger partial charge in [-0.25, -0.2) is 0 Å². The Bertz CT molecular complexity index is 479. The second-order valence-corrected chi connectivity index (χ2v) is 8.30. The fourth-order valence-electron chi connectivity index (χ4n) is 5.06. The molecule has 112 valence electrons. The number of nitrogens with zero attached hydrogens (tertiary/aromatic N) is 1. The fourth-order valence-corrected chi connectivity index (χ4v) is 5.06. The Balaban J connectivity index is 2.00. The quantitative estimate of drug-likeness (QED) is 0.726. The van der Waals surface area contributed by atoms with Gasteiger partial charge in [-0.3, -0.25) is 14.5 Å². The molecule has 2 amide bonds. The van der Waals surface area contributed by atoms with E-state index < -0.39 is 5.41 Å². The van der Waals surface area contributed by atoms with Gasteiger partial charge < -0.3 is 0 Å². The first-order valence-electron chi connectivity index (χ1n) is 8.06. The standard InChI is InChI=1S/C17H27NO2/c1-6-15(2,3)14(20)18-13(19)10-17(18)12-8-7-11(9-12)16(17,4)5/h11-12H,6-10H2,1-5H3. The Morgan fingerprint density at radius 1 is 1.30 bits per heavy atom. The van der Waals surface area contributed by atoms with Crippen LogP contribution in [-0.2, 0) is 9.59 Å². The summed E-state index contributed by atoms with van der Waals surface area (Å²) >= 11 is 0. The number of imide groups is 1. The van der Waals surface area contributed by atoms with Gasteiger partial charge in [-0.1, -0.05) is 34.6 Å². The molecule has 2 saturated carbocycles. The van der Waals surface area contributed by atoms with E-state index in [4.69, 9.17) is 0 Å². The van der Waals surface area contributed by atoms with E-state index in [9.17, 15) is 9.59 Å². The SMILES string of the molecule is CCC(C)(C)C(=O)N1C(=O)CC12C1CCC(C1)C2(C)C. The van der Waals surface area contributed by atoms with E-state index in [2.05, 4.69) is 13.8 Å². The number of hydrogen-bond donors (Lipinski definition) is 0. The van der Waals surface area contributed by atoms with Crippen LogP contribution in [0.5, 0.6) is 0 Å². The summed E-state index contributed by atoms with van der Waals surface area (Å²) in [5.41, 5.74) is -0.513. The first-order valence-corrected chi connectivity index (χ1v) is 8.06. The Hall–Kier alpha value is -0.860. The number of carbonyl (C=O) groups is 2. The molecule has 0 aromatic rings. The van der Waals surface area contributed by atoms with Gasteiger partial charge >= 0.3 is 0 Å². The summed E-state index contributed by atoms with van der Waals surface area (Å²) in [5, 5.41) is 0. The Morgan fingerprint density at radius 2 is 1.90 bits per heavy atom. The van der Waals surface area contributed by atoms with E-state index in [1.165, 1.54) is 19.3 Å². The lowest BCUT2D eigenvalue weighted by Crippen LogP contribution is -2.75. The third-order valence-corrected chi connectivity index (χ3v) is 6.98. The maximum atomic E-state index is 12.9. The molecule has 2 bridgehead atoms. The Morgan fingerprint density at radius 3 is 2.35 bits per heavy atom. The minimum absolute atomic E-state index is 0.0527. The van der Waals surface area contributed by atoms with Crippen molar-refractivity contribution in [3.05, 3.63) is 0 Å². The molecule has 3 nitrogen and oxygen atoms in total. The number of rotatable bonds is 2. The third kappa shape index (κ3) is 1.37. The van der Waals surface area contributed by atoms with Crippen LogP contribution < -0.4 is 0 Å². The molecule has 0 aromatic heterocycles. The molecule has 3 fully saturated rings. The van der Waals surface area contributed by atoms with Crippen molar-refractivity contribution in [2.24, 2.45) is 22.7 Å². The van der Waals surface area contributed by atoms with Crippen molar-refractivity contribution in [3.63, 3.8) is 0 Å². The molecular formula is C17H27NO2. The number of likely N-dealkylation sites (tertiary alicyclic amines) is 1. The topological polar surface area (TPSA) is 37.4 Å². The lowest BCUT2D eigenvalue weighted by atomic mass is 9.56. The van der Waals surface area contributed by atoms with Gasteiger partial charge in [-0.2, -0.15) is 0 Å². The maximum absolute atomic E-state index is 12.9. The van der Waals surface area contributed by atoms with E-state index in [-0.39, 0.29) is 22.8 Å². The number of β-lactam (4-membered cyclic amide) rings is 1. The first kappa shape index (κ1) is 14.1. The van der Waals surface area contributed by atoms with Gasteiger partial charge in [-0.05, 0) is 42.9 Å². The molecule has 20 heavy (non-hydrogen) atoms. The number of carbonyl (C=O) groups excluding carboxylic acids is 2. The van der Waals surface area contributed by atoms with Gasteiger partial charge in [0.15, 0.2) is 0 Å². The Labute approximate surface area is 122 Å². The molecule has 1 heterocycles. The van der Waals surface area contributed by atoms with Crippen molar-refractivity contribution in [1.82, 2.24) is 4.90 Å². The van der Waals surface area contributed by atoms with E-state index >= 15 is 0 Å². The molecule has 0 aromatic carbocycles. The van der Waals surface area contributed by atoms with Gasteiger partial charge in [-0.15, -0.1) is 0 Å². The van der Waals surface area contributed by atoms with E-state index in [1.54, 1.807) is 4.90 Å². The van der Waals surface area contributed by atoms with Gasteiger partial charge in [0.25, 0.3) is 0 Å². The van der Waals surface area contributed by atoms with E-state index in [0.29, 0.717) is 18.3 Å². The maximum Gasteiger partial charge on any atom is 0.235 e. The molecule has 2 aliphatic carbocycles. The number of hydrogen-bond acceptors (Lipinski definition) is 2. The summed E-state index contributed by atoms with van der Waals surface area (Å²) in [6, 6.07) is 0. The molecule has 3 rings (SSSR count). The van der Waals surface area contributed by atoms with Crippen LogP contribution in [-0.4, -0.2) is 22.3 Å². The van der Waals surface area contributed by atoms with Crippen molar-refractivity contribution < 1.29 is 9.59 Å². The number of amides is 2. The van der Waals surface area contributed by atoms with Crippen molar-refractivity contribution in [2.45, 2.75) is 72.3 Å². The van der Waals surface area contributed by atoms with Crippen LogP contribution in [0.1, 0.15) is 66.7 Å². The van der Waals surface area contributed by atoms with Crippen LogP contribution in [0.25, 0.3) is 0 Å². The summed E-state index contributed by atoms with van der Waals surface area (Å²) in [5.74, 6) is 1.33. The second kappa shape index (κ2) is 3.86. The van der Waals surface area contributed by atoms with Crippen LogP contribution in [0.3, 0.4) is 0 Å². The average molecular weight is 277 g/mol. The van der Waals surface area contributed by atoms with Crippen LogP contribution in [0.2, 0.25) is 0 Å². The zero-order valence-corrected chi connectivity index (χ0v) is 13.5. The normalized spacial score (nSPS) is 38.5. The molecular weight excluding hydrogens is 250 g/mol. The van der Waals surface area contributed by atoms with Crippen LogP contribution in [0, 0.1) is 22.7 Å². The zero-order chi connectivity index (χ0) is 14.9. The molecule has 1 aliphatic heterocycles. The summed E-state index contributed by atoms with van der Waals surface area (Å²) in [6.45, 7) is 10.5. The van der Waals surface area contributed by atoms with Gasteiger partial charge in [0, 0.05) is 5.41 Å². The fraction of sp³-hybridized carbons (Fsp3) is 0.882. The summed E-state index contributed by atoms with van der Waals surface area (Å²) in [7, 11) is 0. The van der Waals surface area contributed by atoms with E-state index in [0.717, 1.165) is 6.42 Å². The molecule has 1 saturated heterocycles. The second-order valence-electron chi connectivity index (χ2n) is 8.30. The van der Waals surface area contributed by atoms with Gasteiger partial charge in [0.2, 0.25) is 11.8 Å². The highest BCUT2D eigenvalue weighted by molar-refractivity contribution is 6.04. The van der Waals surface area contributed by atoms with Crippen LogP contribution >= 0.6 is 0 Å². The molecule has 1 spiro atoms. The van der Waals surface area contributed by atoms with Crippen LogP contribution in [0.15, 0.2) is 0 Å². The number of fused-ring (bicyclic) bond motifs is 3. The smallest absolute Gasteiger partial charge is 0.235 e. The predicted molar refractivity (Wildman–Crippen MR) is 77.9 cm³/mol. The van der Waals surface area contributed by atoms with Crippen molar-refractivity contribution in [1.29, 1.82) is 0 Å². The van der Waals surface area contributed by atoms with Crippen molar-refractivity contribution >= 4 is 11.8 Å². The summed E-state index contributed by atoms with van der Waals surface area (Å²) in [6.07, 6.45) is 5.04. The largest absolute Gasteiger partial charge is 0.274 e. The van der Waals surface area contributed by atoms with Crippen molar-refractivity contribution in [2.75, 3.05) is 0 Å². The lowest BCUT2D eigenvalue weighted by molar-refractivity contribution is -0.192. The molecule has 3 heteroatoms. The predicted octanol–water partition coefficient (Wildman–Crippen LogP) is 3.38. The molecule has 0 radical (unpaired) electrons. The first-order chi connectivity index (χ1) is 9.18.